The highest BCUT2D eigenvalue weighted by atomic mass is 16.3. The molecule has 0 bridgehead atoms. The molecule has 55 heavy (non-hydrogen) atoms. The zero-order valence-corrected chi connectivity index (χ0v) is 29.6. The van der Waals surface area contributed by atoms with Gasteiger partial charge >= 0.3 is 0 Å². The summed E-state index contributed by atoms with van der Waals surface area (Å²) >= 11 is 0. The Kier molecular flexibility index (Phi) is 7.14. The lowest BCUT2D eigenvalue weighted by Crippen LogP contribution is -2.00. The molecule has 0 radical (unpaired) electrons. The summed E-state index contributed by atoms with van der Waals surface area (Å²) in [5.41, 5.74) is 9.32. The molecule has 0 fully saturated rings. The van der Waals surface area contributed by atoms with Gasteiger partial charge in [-0.1, -0.05) is 164 Å². The fraction of sp³-hybridized carbons (Fsp3) is 0. The van der Waals surface area contributed by atoms with Gasteiger partial charge in [-0.05, 0) is 78.8 Å². The van der Waals surface area contributed by atoms with Crippen molar-refractivity contribution in [1.29, 1.82) is 0 Å². The van der Waals surface area contributed by atoms with Crippen LogP contribution in [0.5, 0.6) is 0 Å². The van der Waals surface area contributed by atoms with Gasteiger partial charge in [0.25, 0.3) is 0 Å². The van der Waals surface area contributed by atoms with E-state index in [0.29, 0.717) is 17.5 Å². The minimum atomic E-state index is 0.640. The molecule has 2 aromatic heterocycles. The highest BCUT2D eigenvalue weighted by molar-refractivity contribution is 6.25. The van der Waals surface area contributed by atoms with E-state index in [0.717, 1.165) is 44.2 Å². The smallest absolute Gasteiger partial charge is 0.164 e. The Morgan fingerprint density at radius 3 is 1.31 bits per heavy atom. The zero-order chi connectivity index (χ0) is 36.3. The van der Waals surface area contributed by atoms with Crippen molar-refractivity contribution in [2.75, 3.05) is 0 Å². The Morgan fingerprint density at radius 1 is 0.273 bits per heavy atom. The second kappa shape index (κ2) is 12.6. The molecular formula is C51H31N3O. The predicted octanol–water partition coefficient (Wildman–Crippen LogP) is 13.6. The SMILES string of the molecule is c1ccc(-c2nc(-c3ccccc3)nc(-c3ccc(-c4cc5c6ccccc6c(-c6cccc7oc8ccccc8c67)cc5c5ccccc45)cc3)n2)cc1. The molecule has 0 aliphatic heterocycles. The molecule has 0 aliphatic rings. The first kappa shape index (κ1) is 31.1. The number of aromatic nitrogens is 3. The van der Waals surface area contributed by atoms with E-state index in [1.807, 2.05) is 72.8 Å². The zero-order valence-electron chi connectivity index (χ0n) is 29.6. The predicted molar refractivity (Wildman–Crippen MR) is 227 cm³/mol. The molecule has 4 heteroatoms. The molecule has 0 aliphatic carbocycles. The van der Waals surface area contributed by atoms with Gasteiger partial charge in [-0.3, -0.25) is 0 Å². The summed E-state index contributed by atoms with van der Waals surface area (Å²) in [6.45, 7) is 0. The molecular weight excluding hydrogens is 671 g/mol. The summed E-state index contributed by atoms with van der Waals surface area (Å²) in [4.78, 5) is 14.8. The van der Waals surface area contributed by atoms with Gasteiger partial charge in [-0.15, -0.1) is 0 Å². The molecule has 256 valence electrons. The summed E-state index contributed by atoms with van der Waals surface area (Å²) in [6.07, 6.45) is 0. The first-order valence-electron chi connectivity index (χ1n) is 18.5. The summed E-state index contributed by atoms with van der Waals surface area (Å²) in [5.74, 6) is 1.94. The number of hydrogen-bond donors (Lipinski definition) is 0. The number of benzene rings is 9. The molecule has 2 heterocycles. The van der Waals surface area contributed by atoms with Crippen molar-refractivity contribution in [2.45, 2.75) is 0 Å². The molecule has 11 aromatic rings. The Labute approximate surface area is 317 Å². The van der Waals surface area contributed by atoms with Crippen LogP contribution in [0.2, 0.25) is 0 Å². The summed E-state index contributed by atoms with van der Waals surface area (Å²) in [5, 5.41) is 9.57. The van der Waals surface area contributed by atoms with Crippen molar-refractivity contribution in [3.8, 4) is 56.4 Å². The van der Waals surface area contributed by atoms with Crippen LogP contribution in [0.25, 0.3) is 111 Å². The molecule has 0 saturated carbocycles. The lowest BCUT2D eigenvalue weighted by Gasteiger charge is -2.16. The second-order valence-electron chi connectivity index (χ2n) is 13.9. The summed E-state index contributed by atoms with van der Waals surface area (Å²) in [6, 6.07) is 65.9. The Balaban J connectivity index is 1.09. The maximum absolute atomic E-state index is 6.33. The van der Waals surface area contributed by atoms with Crippen LogP contribution in [0.1, 0.15) is 0 Å². The highest BCUT2D eigenvalue weighted by Gasteiger charge is 2.19. The molecule has 0 unspecified atom stereocenters. The van der Waals surface area contributed by atoms with E-state index >= 15 is 0 Å². The van der Waals surface area contributed by atoms with Crippen LogP contribution in [0, 0.1) is 0 Å². The molecule has 0 N–H and O–H groups in total. The Morgan fingerprint density at radius 2 is 0.709 bits per heavy atom. The van der Waals surface area contributed by atoms with E-state index < -0.39 is 0 Å². The van der Waals surface area contributed by atoms with E-state index in [1.165, 1.54) is 49.0 Å². The summed E-state index contributed by atoms with van der Waals surface area (Å²) in [7, 11) is 0. The number of fused-ring (bicyclic) bond motifs is 8. The van der Waals surface area contributed by atoms with Gasteiger partial charge < -0.3 is 4.42 Å². The van der Waals surface area contributed by atoms with Gasteiger partial charge in [-0.25, -0.2) is 15.0 Å². The number of nitrogens with zero attached hydrogens (tertiary/aromatic N) is 3. The largest absolute Gasteiger partial charge is 0.456 e. The number of hydrogen-bond acceptors (Lipinski definition) is 4. The highest BCUT2D eigenvalue weighted by Crippen LogP contribution is 2.45. The van der Waals surface area contributed by atoms with E-state index in [-0.39, 0.29) is 0 Å². The average Bonchev–Trinajstić information content (AvgIpc) is 3.65. The quantitative estimate of drug-likeness (QED) is 0.168. The van der Waals surface area contributed by atoms with Crippen LogP contribution in [-0.4, -0.2) is 15.0 Å². The normalized spacial score (nSPS) is 11.6. The number of rotatable bonds is 5. The molecule has 4 nitrogen and oxygen atoms in total. The molecule has 0 spiro atoms. The van der Waals surface area contributed by atoms with Crippen LogP contribution in [-0.2, 0) is 0 Å². The van der Waals surface area contributed by atoms with Crippen molar-refractivity contribution in [1.82, 2.24) is 15.0 Å². The fourth-order valence-electron chi connectivity index (χ4n) is 8.15. The van der Waals surface area contributed by atoms with Gasteiger partial charge in [0, 0.05) is 27.5 Å². The van der Waals surface area contributed by atoms with Crippen molar-refractivity contribution in [3.63, 3.8) is 0 Å². The molecule has 0 amide bonds. The Hall–Kier alpha value is -7.43. The third kappa shape index (κ3) is 5.19. The summed E-state index contributed by atoms with van der Waals surface area (Å²) < 4.78 is 6.33. The van der Waals surface area contributed by atoms with Crippen LogP contribution in [0.3, 0.4) is 0 Å². The first-order chi connectivity index (χ1) is 27.3. The molecule has 0 saturated heterocycles. The minimum Gasteiger partial charge on any atom is -0.456 e. The topological polar surface area (TPSA) is 51.8 Å². The number of furan rings is 1. The van der Waals surface area contributed by atoms with Crippen molar-refractivity contribution in [2.24, 2.45) is 0 Å². The average molecular weight is 702 g/mol. The molecule has 9 aromatic carbocycles. The van der Waals surface area contributed by atoms with Crippen LogP contribution in [0.4, 0.5) is 0 Å². The Bertz CT molecular complexity index is 3180. The van der Waals surface area contributed by atoms with Gasteiger partial charge in [-0.2, -0.15) is 0 Å². The lowest BCUT2D eigenvalue weighted by atomic mass is 9.87. The van der Waals surface area contributed by atoms with Crippen LogP contribution < -0.4 is 0 Å². The van der Waals surface area contributed by atoms with Gasteiger partial charge in [0.2, 0.25) is 0 Å². The third-order valence-electron chi connectivity index (χ3n) is 10.7. The van der Waals surface area contributed by atoms with Crippen LogP contribution >= 0.6 is 0 Å². The lowest BCUT2D eigenvalue weighted by molar-refractivity contribution is 0.669. The van der Waals surface area contributed by atoms with Gasteiger partial charge in [0.05, 0.1) is 0 Å². The molecule has 11 rings (SSSR count). The third-order valence-corrected chi connectivity index (χ3v) is 10.7. The maximum Gasteiger partial charge on any atom is 0.164 e. The molecule has 0 atom stereocenters. The van der Waals surface area contributed by atoms with Crippen molar-refractivity contribution >= 4 is 54.3 Å². The maximum atomic E-state index is 6.33. The van der Waals surface area contributed by atoms with Crippen LogP contribution in [0.15, 0.2) is 192 Å². The fourth-order valence-corrected chi connectivity index (χ4v) is 8.15. The van der Waals surface area contributed by atoms with Gasteiger partial charge in [0.1, 0.15) is 11.2 Å². The second-order valence-corrected chi connectivity index (χ2v) is 13.9. The number of para-hydroxylation sites is 1. The standard InChI is InChI=1S/C51H31N3O/c1-3-14-33(15-4-1)49-52-50(34-16-5-2-6-17-34)54-51(53-49)35-28-26-32(27-29-35)42-30-44-39-21-10-9-20-38(39)43(31-45(44)37-19-8-7-18-36(37)42)40-23-13-25-47-48(40)41-22-11-12-24-46(41)55-47/h1-31H. The van der Waals surface area contributed by atoms with Gasteiger partial charge in [0.15, 0.2) is 17.5 Å². The van der Waals surface area contributed by atoms with E-state index in [4.69, 9.17) is 19.4 Å². The van der Waals surface area contributed by atoms with Crippen molar-refractivity contribution < 1.29 is 4.42 Å². The first-order valence-corrected chi connectivity index (χ1v) is 18.5. The van der Waals surface area contributed by atoms with E-state index in [2.05, 4.69) is 115 Å². The minimum absolute atomic E-state index is 0.640. The monoisotopic (exact) mass is 701 g/mol. The van der Waals surface area contributed by atoms with Crippen molar-refractivity contribution in [3.05, 3.63) is 188 Å². The van der Waals surface area contributed by atoms with E-state index in [1.54, 1.807) is 0 Å². The van der Waals surface area contributed by atoms with E-state index in [9.17, 15) is 0 Å².